The van der Waals surface area contributed by atoms with Crippen LogP contribution in [0.3, 0.4) is 0 Å². The average Bonchev–Trinajstić information content (AvgIpc) is 3.15. The number of hydrogen-bond donors (Lipinski definition) is 2. The number of nitrogens with one attached hydrogen (secondary N) is 2. The van der Waals surface area contributed by atoms with Crippen LogP contribution >= 0.6 is 11.3 Å². The Bertz CT molecular complexity index is 1100. The lowest BCUT2D eigenvalue weighted by molar-refractivity contribution is -0.0246. The largest absolute Gasteiger partial charge is 0.368 e. The van der Waals surface area contributed by atoms with Crippen LogP contribution in [0.15, 0.2) is 30.5 Å². The second kappa shape index (κ2) is 8.99. The predicted octanol–water partition coefficient (Wildman–Crippen LogP) is 3.86. The Morgan fingerprint density at radius 2 is 2.10 bits per heavy atom. The van der Waals surface area contributed by atoms with Crippen molar-refractivity contribution in [1.82, 2.24) is 19.9 Å². The van der Waals surface area contributed by atoms with E-state index in [1.807, 2.05) is 49.9 Å². The number of hydrogen-bond acceptors (Lipinski definition) is 8. The van der Waals surface area contributed by atoms with Crippen LogP contribution in [0.1, 0.15) is 38.4 Å². The number of morpholine rings is 1. The molecule has 1 saturated heterocycles. The van der Waals surface area contributed by atoms with Gasteiger partial charge in [0.2, 0.25) is 0 Å². The Balaban J connectivity index is 1.54. The highest BCUT2D eigenvalue weighted by Crippen LogP contribution is 2.29. The van der Waals surface area contributed by atoms with Crippen molar-refractivity contribution in [1.29, 1.82) is 0 Å². The van der Waals surface area contributed by atoms with Gasteiger partial charge in [0.15, 0.2) is 5.13 Å². The summed E-state index contributed by atoms with van der Waals surface area (Å²) in [4.78, 5) is 29.1. The zero-order valence-electron chi connectivity index (χ0n) is 18.1. The fourth-order valence-corrected chi connectivity index (χ4v) is 4.43. The number of ether oxygens (including phenoxy) is 1. The maximum Gasteiger partial charge on any atom is 0.266 e. The normalized spacial score (nSPS) is 16.3. The Morgan fingerprint density at radius 1 is 1.26 bits per heavy atom. The standard InChI is InChI=1S/C22H26N6O2S/c1-13-6-5-7-24-20(13)27-16-10-14(2)25-17(11-16)18-12-28(8-9-30-18)21(29)19-15(3)26-22(23-4)31-19/h5-7,10-11,18H,8-9,12H2,1-4H3,(H,23,26)(H,24,25,27)/t18-/m0/s1. The molecule has 0 unspecified atom stereocenters. The van der Waals surface area contributed by atoms with Gasteiger partial charge in [-0.05, 0) is 44.5 Å². The van der Waals surface area contributed by atoms with E-state index in [4.69, 9.17) is 4.74 Å². The molecule has 2 N–H and O–H groups in total. The molecule has 3 aromatic rings. The maximum atomic E-state index is 13.1. The number of aryl methyl sites for hydroxylation is 3. The van der Waals surface area contributed by atoms with Gasteiger partial charge in [-0.2, -0.15) is 0 Å². The Labute approximate surface area is 185 Å². The first-order valence-corrected chi connectivity index (χ1v) is 11.0. The van der Waals surface area contributed by atoms with Gasteiger partial charge in [-0.3, -0.25) is 9.78 Å². The quantitative estimate of drug-likeness (QED) is 0.625. The van der Waals surface area contributed by atoms with Crippen LogP contribution in [0.5, 0.6) is 0 Å². The number of amides is 1. The molecule has 0 aliphatic carbocycles. The molecule has 1 atom stereocenters. The minimum atomic E-state index is -0.292. The number of nitrogens with zero attached hydrogens (tertiary/aromatic N) is 4. The fraction of sp³-hybridized carbons (Fsp3) is 0.364. The number of aromatic nitrogens is 3. The topological polar surface area (TPSA) is 92.3 Å². The smallest absolute Gasteiger partial charge is 0.266 e. The van der Waals surface area contributed by atoms with Gasteiger partial charge >= 0.3 is 0 Å². The van der Waals surface area contributed by atoms with Gasteiger partial charge in [-0.15, -0.1) is 0 Å². The van der Waals surface area contributed by atoms with E-state index in [-0.39, 0.29) is 12.0 Å². The number of anilines is 3. The van der Waals surface area contributed by atoms with Crippen molar-refractivity contribution in [3.8, 4) is 0 Å². The van der Waals surface area contributed by atoms with Crippen molar-refractivity contribution in [2.75, 3.05) is 37.4 Å². The molecule has 4 rings (SSSR count). The lowest BCUT2D eigenvalue weighted by atomic mass is 10.1. The average molecular weight is 439 g/mol. The van der Waals surface area contributed by atoms with Crippen molar-refractivity contribution in [3.63, 3.8) is 0 Å². The summed E-state index contributed by atoms with van der Waals surface area (Å²) in [5.41, 5.74) is 4.37. The van der Waals surface area contributed by atoms with E-state index in [9.17, 15) is 4.79 Å². The lowest BCUT2D eigenvalue weighted by Crippen LogP contribution is -2.42. The van der Waals surface area contributed by atoms with Crippen LogP contribution in [0.4, 0.5) is 16.6 Å². The zero-order chi connectivity index (χ0) is 22.0. The Hall–Kier alpha value is -3.04. The molecule has 31 heavy (non-hydrogen) atoms. The molecule has 1 aliphatic rings. The monoisotopic (exact) mass is 438 g/mol. The first kappa shape index (κ1) is 21.2. The van der Waals surface area contributed by atoms with Gasteiger partial charge in [0.05, 0.1) is 24.5 Å². The second-order valence-electron chi connectivity index (χ2n) is 7.51. The first-order chi connectivity index (χ1) is 14.9. The van der Waals surface area contributed by atoms with E-state index in [0.717, 1.165) is 39.3 Å². The van der Waals surface area contributed by atoms with E-state index in [1.54, 1.807) is 13.2 Å². The summed E-state index contributed by atoms with van der Waals surface area (Å²) < 4.78 is 6.00. The minimum Gasteiger partial charge on any atom is -0.368 e. The summed E-state index contributed by atoms with van der Waals surface area (Å²) in [5, 5.41) is 7.12. The molecule has 0 spiro atoms. The molecule has 162 valence electrons. The molecule has 4 heterocycles. The molecule has 0 bridgehead atoms. The number of carbonyl (C=O) groups is 1. The third-order valence-electron chi connectivity index (χ3n) is 5.13. The second-order valence-corrected chi connectivity index (χ2v) is 8.51. The third kappa shape index (κ3) is 4.67. The molecular formula is C22H26N6O2S. The Kier molecular flexibility index (Phi) is 6.15. The van der Waals surface area contributed by atoms with Crippen molar-refractivity contribution in [3.05, 3.63) is 58.0 Å². The van der Waals surface area contributed by atoms with Crippen molar-refractivity contribution >= 4 is 33.9 Å². The van der Waals surface area contributed by atoms with E-state index < -0.39 is 0 Å². The van der Waals surface area contributed by atoms with Crippen LogP contribution in [0.25, 0.3) is 0 Å². The molecule has 8 nitrogen and oxygen atoms in total. The molecule has 0 aromatic carbocycles. The fourth-order valence-electron chi connectivity index (χ4n) is 3.54. The Morgan fingerprint density at radius 3 is 2.84 bits per heavy atom. The number of rotatable bonds is 5. The molecule has 9 heteroatoms. The van der Waals surface area contributed by atoms with Gasteiger partial charge in [-0.1, -0.05) is 17.4 Å². The highest BCUT2D eigenvalue weighted by molar-refractivity contribution is 7.17. The lowest BCUT2D eigenvalue weighted by Gasteiger charge is -2.32. The van der Waals surface area contributed by atoms with E-state index >= 15 is 0 Å². The maximum absolute atomic E-state index is 13.1. The van der Waals surface area contributed by atoms with Gasteiger partial charge in [0, 0.05) is 31.2 Å². The van der Waals surface area contributed by atoms with E-state index in [0.29, 0.717) is 24.6 Å². The summed E-state index contributed by atoms with van der Waals surface area (Å²) in [7, 11) is 1.80. The predicted molar refractivity (Wildman–Crippen MR) is 122 cm³/mol. The van der Waals surface area contributed by atoms with Crippen molar-refractivity contribution < 1.29 is 9.53 Å². The highest BCUT2D eigenvalue weighted by Gasteiger charge is 2.29. The van der Waals surface area contributed by atoms with Crippen LogP contribution < -0.4 is 10.6 Å². The number of thiazole rings is 1. The third-order valence-corrected chi connectivity index (χ3v) is 6.30. The SMILES string of the molecule is CNc1nc(C)c(C(=O)N2CCO[C@H](c3cc(Nc4ncccc4C)cc(C)n3)C2)s1. The molecule has 0 radical (unpaired) electrons. The highest BCUT2D eigenvalue weighted by atomic mass is 32.1. The van der Waals surface area contributed by atoms with E-state index in [2.05, 4.69) is 25.6 Å². The summed E-state index contributed by atoms with van der Waals surface area (Å²) in [6.45, 7) is 7.28. The van der Waals surface area contributed by atoms with Crippen LogP contribution in [0.2, 0.25) is 0 Å². The van der Waals surface area contributed by atoms with Crippen molar-refractivity contribution in [2.45, 2.75) is 26.9 Å². The summed E-state index contributed by atoms with van der Waals surface area (Å²) in [6, 6.07) is 7.87. The van der Waals surface area contributed by atoms with Gasteiger partial charge in [-0.25, -0.2) is 9.97 Å². The van der Waals surface area contributed by atoms with Gasteiger partial charge in [0.25, 0.3) is 5.91 Å². The molecular weight excluding hydrogens is 412 g/mol. The summed E-state index contributed by atoms with van der Waals surface area (Å²) in [5.74, 6) is 0.793. The molecule has 1 aliphatic heterocycles. The van der Waals surface area contributed by atoms with E-state index in [1.165, 1.54) is 11.3 Å². The molecule has 1 amide bonds. The number of pyridine rings is 2. The van der Waals surface area contributed by atoms with Crippen LogP contribution in [0, 0.1) is 20.8 Å². The van der Waals surface area contributed by atoms with Crippen molar-refractivity contribution in [2.24, 2.45) is 0 Å². The van der Waals surface area contributed by atoms with Gasteiger partial charge < -0.3 is 20.3 Å². The molecule has 3 aromatic heterocycles. The molecule has 0 saturated carbocycles. The first-order valence-electron chi connectivity index (χ1n) is 10.2. The van der Waals surface area contributed by atoms with Crippen LogP contribution in [-0.4, -0.2) is 52.5 Å². The summed E-state index contributed by atoms with van der Waals surface area (Å²) in [6.07, 6.45) is 1.47. The number of carbonyl (C=O) groups excluding carboxylic acids is 1. The van der Waals surface area contributed by atoms with Gasteiger partial charge in [0.1, 0.15) is 16.8 Å². The summed E-state index contributed by atoms with van der Waals surface area (Å²) >= 11 is 1.38. The van der Waals surface area contributed by atoms with Crippen LogP contribution in [-0.2, 0) is 4.74 Å². The molecule has 1 fully saturated rings. The minimum absolute atomic E-state index is 0.0140. The zero-order valence-corrected chi connectivity index (χ0v) is 18.9.